The number of hydrogen-bond acceptors (Lipinski definition) is 2. The van der Waals surface area contributed by atoms with Crippen LogP contribution in [0.3, 0.4) is 0 Å². The first-order chi connectivity index (χ1) is 8.72. The Morgan fingerprint density at radius 3 is 2.39 bits per heavy atom. The fraction of sp³-hybridized carbons (Fsp3) is 0.562. The predicted octanol–water partition coefficient (Wildman–Crippen LogP) is 4.16. The van der Waals surface area contributed by atoms with Gasteiger partial charge in [-0.05, 0) is 42.9 Å². The van der Waals surface area contributed by atoms with Crippen LogP contribution in [0.4, 0.5) is 0 Å². The Labute approximate surface area is 110 Å². The van der Waals surface area contributed by atoms with Gasteiger partial charge >= 0.3 is 5.97 Å². The molecule has 0 fully saturated rings. The van der Waals surface area contributed by atoms with Crippen LogP contribution in [0.15, 0.2) is 18.2 Å². The summed E-state index contributed by atoms with van der Waals surface area (Å²) in [6.07, 6.45) is 6.57. The van der Waals surface area contributed by atoms with E-state index in [4.69, 9.17) is 4.74 Å². The smallest absolute Gasteiger partial charge is 0.338 e. The molecular weight excluding hydrogens is 224 g/mol. The molecule has 0 saturated heterocycles. The minimum absolute atomic E-state index is 0.209. The molecule has 2 nitrogen and oxygen atoms in total. The minimum atomic E-state index is -0.209. The molecule has 0 aliphatic heterocycles. The maximum absolute atomic E-state index is 11.8. The van der Waals surface area contributed by atoms with Gasteiger partial charge in [0.1, 0.15) is 0 Å². The predicted molar refractivity (Wildman–Crippen MR) is 75.0 cm³/mol. The zero-order chi connectivity index (χ0) is 13.4. The summed E-state index contributed by atoms with van der Waals surface area (Å²) in [6, 6.07) is 6.24. The van der Waals surface area contributed by atoms with Gasteiger partial charge in [-0.2, -0.15) is 0 Å². The van der Waals surface area contributed by atoms with Crippen LogP contribution < -0.4 is 0 Å². The summed E-state index contributed by atoms with van der Waals surface area (Å²) in [5.74, 6) is -0.209. The van der Waals surface area contributed by atoms with Gasteiger partial charge in [0.25, 0.3) is 0 Å². The molecule has 0 radical (unpaired) electrons. The molecule has 0 aromatic heterocycles. The number of rotatable bonds is 7. The van der Waals surface area contributed by atoms with Gasteiger partial charge < -0.3 is 4.74 Å². The van der Waals surface area contributed by atoms with Crippen LogP contribution in [0.1, 0.15) is 61.0 Å². The van der Waals surface area contributed by atoms with Crippen LogP contribution in [0, 0.1) is 0 Å². The lowest BCUT2D eigenvalue weighted by Crippen LogP contribution is -2.07. The van der Waals surface area contributed by atoms with Crippen molar-refractivity contribution < 1.29 is 9.53 Å². The van der Waals surface area contributed by atoms with Crippen molar-refractivity contribution in [2.75, 3.05) is 7.11 Å². The molecule has 0 atom stereocenters. The van der Waals surface area contributed by atoms with Crippen molar-refractivity contribution in [1.29, 1.82) is 0 Å². The highest BCUT2D eigenvalue weighted by Crippen LogP contribution is 2.17. The molecule has 1 rings (SSSR count). The summed E-state index contributed by atoms with van der Waals surface area (Å²) < 4.78 is 4.88. The molecule has 0 aliphatic rings. The van der Waals surface area contributed by atoms with Crippen LogP contribution in [0.2, 0.25) is 0 Å². The van der Waals surface area contributed by atoms with Gasteiger partial charge in [-0.25, -0.2) is 4.79 Å². The average molecular weight is 248 g/mol. The van der Waals surface area contributed by atoms with Gasteiger partial charge in [-0.1, -0.05) is 38.8 Å². The first-order valence-corrected chi connectivity index (χ1v) is 6.93. The minimum Gasteiger partial charge on any atom is -0.465 e. The Morgan fingerprint density at radius 2 is 1.78 bits per heavy atom. The fourth-order valence-electron chi connectivity index (χ4n) is 2.05. The molecule has 0 aliphatic carbocycles. The van der Waals surface area contributed by atoms with E-state index in [-0.39, 0.29) is 5.97 Å². The molecule has 1 aromatic carbocycles. The van der Waals surface area contributed by atoms with Crippen molar-refractivity contribution >= 4 is 5.97 Å². The number of methoxy groups -OCH3 is 1. The number of benzene rings is 1. The third-order valence-electron chi connectivity index (χ3n) is 3.20. The molecule has 2 heteroatoms. The maximum atomic E-state index is 11.8. The van der Waals surface area contributed by atoms with Crippen molar-refractivity contribution in [3.63, 3.8) is 0 Å². The van der Waals surface area contributed by atoms with E-state index >= 15 is 0 Å². The number of esters is 1. The largest absolute Gasteiger partial charge is 0.465 e. The lowest BCUT2D eigenvalue weighted by atomic mass is 9.97. The third kappa shape index (κ3) is 4.17. The fourth-order valence-corrected chi connectivity index (χ4v) is 2.05. The number of unbranched alkanes of at least 4 members (excludes halogenated alkanes) is 2. The highest BCUT2D eigenvalue weighted by Gasteiger charge is 2.12. The zero-order valence-electron chi connectivity index (χ0n) is 11.8. The Morgan fingerprint density at radius 1 is 1.11 bits per heavy atom. The van der Waals surface area contributed by atoms with Crippen LogP contribution in [-0.4, -0.2) is 13.1 Å². The molecule has 0 N–H and O–H groups in total. The van der Waals surface area contributed by atoms with E-state index in [1.165, 1.54) is 19.1 Å². The highest BCUT2D eigenvalue weighted by atomic mass is 16.5. The highest BCUT2D eigenvalue weighted by molar-refractivity contribution is 5.91. The SMILES string of the molecule is CCCCc1ccc(CCCC)c(C(=O)OC)c1. The summed E-state index contributed by atoms with van der Waals surface area (Å²) in [5, 5.41) is 0. The average Bonchev–Trinajstić information content (AvgIpc) is 2.42. The summed E-state index contributed by atoms with van der Waals surface area (Å²) in [6.45, 7) is 4.34. The van der Waals surface area contributed by atoms with E-state index in [1.807, 2.05) is 6.07 Å². The van der Waals surface area contributed by atoms with Crippen LogP contribution in [-0.2, 0) is 17.6 Å². The molecule has 0 unspecified atom stereocenters. The van der Waals surface area contributed by atoms with Gasteiger partial charge in [0, 0.05) is 0 Å². The van der Waals surface area contributed by atoms with E-state index < -0.39 is 0 Å². The molecule has 0 heterocycles. The van der Waals surface area contributed by atoms with Crippen LogP contribution in [0.25, 0.3) is 0 Å². The van der Waals surface area contributed by atoms with E-state index in [0.717, 1.165) is 43.2 Å². The quantitative estimate of drug-likeness (QED) is 0.677. The van der Waals surface area contributed by atoms with Crippen molar-refractivity contribution in [3.8, 4) is 0 Å². The summed E-state index contributed by atoms with van der Waals surface area (Å²) in [7, 11) is 1.45. The summed E-state index contributed by atoms with van der Waals surface area (Å²) >= 11 is 0. The Bertz CT molecular complexity index is 383. The monoisotopic (exact) mass is 248 g/mol. The van der Waals surface area contributed by atoms with Crippen molar-refractivity contribution in [3.05, 3.63) is 34.9 Å². The second kappa shape index (κ2) is 7.91. The lowest BCUT2D eigenvalue weighted by molar-refractivity contribution is 0.0599. The van der Waals surface area contributed by atoms with Gasteiger partial charge in [-0.15, -0.1) is 0 Å². The molecular formula is C16H24O2. The molecule has 0 bridgehead atoms. The third-order valence-corrected chi connectivity index (χ3v) is 3.20. The number of carbonyl (C=O) groups excluding carboxylic acids is 1. The van der Waals surface area contributed by atoms with Crippen LogP contribution >= 0.6 is 0 Å². The molecule has 0 spiro atoms. The summed E-state index contributed by atoms with van der Waals surface area (Å²) in [4.78, 5) is 11.8. The Balaban J connectivity index is 2.92. The number of aryl methyl sites for hydroxylation is 2. The Hall–Kier alpha value is -1.31. The van der Waals surface area contributed by atoms with E-state index in [1.54, 1.807) is 0 Å². The Kier molecular flexibility index (Phi) is 6.48. The van der Waals surface area contributed by atoms with Gasteiger partial charge in [-0.3, -0.25) is 0 Å². The number of ether oxygens (including phenoxy) is 1. The molecule has 18 heavy (non-hydrogen) atoms. The normalized spacial score (nSPS) is 10.4. The standard InChI is InChI=1S/C16H24O2/c1-4-6-8-13-10-11-14(9-7-5-2)15(12-13)16(17)18-3/h10-12H,4-9H2,1-3H3. The maximum Gasteiger partial charge on any atom is 0.338 e. The molecule has 0 amide bonds. The zero-order valence-corrected chi connectivity index (χ0v) is 11.8. The first-order valence-electron chi connectivity index (χ1n) is 6.93. The first kappa shape index (κ1) is 14.7. The van der Waals surface area contributed by atoms with E-state index in [9.17, 15) is 4.79 Å². The molecule has 100 valence electrons. The number of hydrogen-bond donors (Lipinski definition) is 0. The number of carbonyl (C=O) groups is 1. The van der Waals surface area contributed by atoms with Gasteiger partial charge in [0.05, 0.1) is 12.7 Å². The van der Waals surface area contributed by atoms with Crippen LogP contribution in [0.5, 0.6) is 0 Å². The summed E-state index contributed by atoms with van der Waals surface area (Å²) in [5.41, 5.74) is 3.10. The second-order valence-electron chi connectivity index (χ2n) is 4.69. The van der Waals surface area contributed by atoms with E-state index in [2.05, 4.69) is 26.0 Å². The molecule has 0 saturated carbocycles. The van der Waals surface area contributed by atoms with Gasteiger partial charge in [0.15, 0.2) is 0 Å². The van der Waals surface area contributed by atoms with Crippen molar-refractivity contribution in [2.45, 2.75) is 52.4 Å². The van der Waals surface area contributed by atoms with Crippen molar-refractivity contribution in [1.82, 2.24) is 0 Å². The second-order valence-corrected chi connectivity index (χ2v) is 4.69. The van der Waals surface area contributed by atoms with Gasteiger partial charge in [0.2, 0.25) is 0 Å². The van der Waals surface area contributed by atoms with E-state index in [0.29, 0.717) is 0 Å². The molecule has 1 aromatic rings. The lowest BCUT2D eigenvalue weighted by Gasteiger charge is -2.10. The topological polar surface area (TPSA) is 26.3 Å². The van der Waals surface area contributed by atoms with Crippen molar-refractivity contribution in [2.24, 2.45) is 0 Å².